The van der Waals surface area contributed by atoms with Crippen LogP contribution in [0.4, 0.5) is 10.1 Å². The van der Waals surface area contributed by atoms with Crippen molar-refractivity contribution >= 4 is 29.5 Å². The third kappa shape index (κ3) is 3.89. The van der Waals surface area contributed by atoms with Gasteiger partial charge in [-0.2, -0.15) is 0 Å². The first-order valence-corrected chi connectivity index (χ1v) is 9.70. The summed E-state index contributed by atoms with van der Waals surface area (Å²) in [7, 11) is 0. The van der Waals surface area contributed by atoms with Crippen LogP contribution >= 0.6 is 0 Å². The maximum atomic E-state index is 14.7. The lowest BCUT2D eigenvalue weighted by Gasteiger charge is -2.24. The molecule has 0 radical (unpaired) electrons. The Kier molecular flexibility index (Phi) is 5.22. The molecule has 0 atom stereocenters. The van der Waals surface area contributed by atoms with Gasteiger partial charge in [0.1, 0.15) is 5.82 Å². The summed E-state index contributed by atoms with van der Waals surface area (Å²) in [6.07, 6.45) is 3.86. The van der Waals surface area contributed by atoms with Crippen LogP contribution < -0.4 is 11.1 Å². The van der Waals surface area contributed by atoms with E-state index in [0.717, 1.165) is 16.7 Å². The summed E-state index contributed by atoms with van der Waals surface area (Å²) in [6.45, 7) is 2.37. The smallest absolute Gasteiger partial charge is 0.255 e. The van der Waals surface area contributed by atoms with E-state index < -0.39 is 5.82 Å². The fourth-order valence-electron chi connectivity index (χ4n) is 3.81. The van der Waals surface area contributed by atoms with Gasteiger partial charge in [0, 0.05) is 43.0 Å². The van der Waals surface area contributed by atoms with Crippen molar-refractivity contribution in [2.45, 2.75) is 19.5 Å². The van der Waals surface area contributed by atoms with E-state index in [4.69, 9.17) is 16.6 Å². The van der Waals surface area contributed by atoms with E-state index in [2.05, 4.69) is 5.32 Å². The van der Waals surface area contributed by atoms with Gasteiger partial charge in [-0.25, -0.2) is 4.39 Å². The van der Waals surface area contributed by atoms with Crippen LogP contribution in [0.25, 0.3) is 5.57 Å². The number of hydrogen-bond donors (Lipinski definition) is 4. The molecule has 2 aliphatic rings. The van der Waals surface area contributed by atoms with Crippen LogP contribution in [0.15, 0.2) is 42.5 Å². The molecule has 0 aliphatic carbocycles. The van der Waals surface area contributed by atoms with Gasteiger partial charge in [0.05, 0.1) is 6.34 Å². The van der Waals surface area contributed by atoms with Gasteiger partial charge in [-0.05, 0) is 47.4 Å². The quantitative estimate of drug-likeness (QED) is 0.462. The summed E-state index contributed by atoms with van der Waals surface area (Å²) in [6, 6.07) is 10.1. The van der Waals surface area contributed by atoms with Gasteiger partial charge in [0.15, 0.2) is 5.96 Å². The molecule has 0 aromatic heterocycles. The topological polar surface area (TPSA) is 109 Å². The molecule has 154 valence electrons. The number of rotatable bonds is 4. The van der Waals surface area contributed by atoms with Crippen LogP contribution in [-0.2, 0) is 13.1 Å². The standard InChI is InChI=1S/C22H23FN6O/c23-20-10-15(2-4-19(20)14-5-7-28(13-24)8-6-14)21(30)27-18-3-1-16-11-29(22(25)26)12-17(16)9-18/h1-5,9-10,13,24H,6-8,11-12H2,(H3,25,26)(H,27,30). The SMILES string of the molecule is N=CN1CC=C(c2ccc(C(=O)Nc3ccc4c(c3)CN(C(=N)N)C4)cc2F)CC1. The lowest BCUT2D eigenvalue weighted by Crippen LogP contribution is -2.31. The van der Waals surface area contributed by atoms with Crippen molar-refractivity contribution in [3.63, 3.8) is 0 Å². The van der Waals surface area contributed by atoms with Crippen LogP contribution in [0.2, 0.25) is 0 Å². The summed E-state index contributed by atoms with van der Waals surface area (Å²) in [5, 5.41) is 17.7. The third-order valence-corrected chi connectivity index (χ3v) is 5.53. The van der Waals surface area contributed by atoms with Gasteiger partial charge in [-0.3, -0.25) is 15.6 Å². The van der Waals surface area contributed by atoms with Crippen LogP contribution in [0, 0.1) is 16.6 Å². The Bertz CT molecular complexity index is 1060. The van der Waals surface area contributed by atoms with Crippen molar-refractivity contribution in [1.29, 1.82) is 10.8 Å². The van der Waals surface area contributed by atoms with E-state index in [1.54, 1.807) is 23.1 Å². The normalized spacial score (nSPS) is 15.4. The molecule has 0 fully saturated rings. The average molecular weight is 406 g/mol. The van der Waals surface area contributed by atoms with Crippen molar-refractivity contribution < 1.29 is 9.18 Å². The minimum absolute atomic E-state index is 0.0194. The molecule has 0 saturated carbocycles. The van der Waals surface area contributed by atoms with E-state index in [1.165, 1.54) is 12.4 Å². The summed E-state index contributed by atoms with van der Waals surface area (Å²) in [5.41, 5.74) is 9.89. The number of guanidine groups is 1. The lowest BCUT2D eigenvalue weighted by molar-refractivity contribution is 0.102. The zero-order valence-electron chi connectivity index (χ0n) is 16.4. The summed E-state index contributed by atoms with van der Waals surface area (Å²) < 4.78 is 14.7. The predicted octanol–water partition coefficient (Wildman–Crippen LogP) is 2.98. The predicted molar refractivity (Wildman–Crippen MR) is 115 cm³/mol. The molecule has 8 heteroatoms. The number of anilines is 1. The first-order valence-electron chi connectivity index (χ1n) is 9.70. The van der Waals surface area contributed by atoms with E-state index in [0.29, 0.717) is 43.9 Å². The van der Waals surface area contributed by atoms with Crippen LogP contribution in [0.1, 0.15) is 33.5 Å². The molecular formula is C22H23FN6O. The number of hydrogen-bond acceptors (Lipinski definition) is 3. The number of fused-ring (bicyclic) bond motifs is 1. The number of carbonyl (C=O) groups excluding carboxylic acids is 1. The van der Waals surface area contributed by atoms with Gasteiger partial charge in [-0.15, -0.1) is 0 Å². The zero-order valence-corrected chi connectivity index (χ0v) is 16.4. The largest absolute Gasteiger partial charge is 0.370 e. The van der Waals surface area contributed by atoms with E-state index in [1.807, 2.05) is 23.1 Å². The third-order valence-electron chi connectivity index (χ3n) is 5.53. The average Bonchev–Trinajstić information content (AvgIpc) is 3.17. The molecule has 0 unspecified atom stereocenters. The lowest BCUT2D eigenvalue weighted by atomic mass is 9.97. The Labute approximate surface area is 174 Å². The van der Waals surface area contributed by atoms with E-state index >= 15 is 0 Å². The highest BCUT2D eigenvalue weighted by Crippen LogP contribution is 2.27. The van der Waals surface area contributed by atoms with Gasteiger partial charge in [-0.1, -0.05) is 18.2 Å². The maximum absolute atomic E-state index is 14.7. The molecular weight excluding hydrogens is 383 g/mol. The molecule has 4 rings (SSSR count). The molecule has 2 heterocycles. The Morgan fingerprint density at radius 1 is 1.17 bits per heavy atom. The summed E-state index contributed by atoms with van der Waals surface area (Å²) in [5.74, 6) is -0.788. The van der Waals surface area contributed by atoms with Crippen molar-refractivity contribution in [2.24, 2.45) is 5.73 Å². The molecule has 1 amide bonds. The Morgan fingerprint density at radius 2 is 1.97 bits per heavy atom. The van der Waals surface area contributed by atoms with E-state index in [9.17, 15) is 9.18 Å². The fraction of sp³-hybridized carbons (Fsp3) is 0.227. The number of benzene rings is 2. The molecule has 5 N–H and O–H groups in total. The van der Waals surface area contributed by atoms with E-state index in [-0.39, 0.29) is 17.4 Å². The monoisotopic (exact) mass is 406 g/mol. The van der Waals surface area contributed by atoms with Gasteiger partial charge < -0.3 is 20.9 Å². The van der Waals surface area contributed by atoms with Crippen molar-refractivity contribution in [3.8, 4) is 0 Å². The molecule has 7 nitrogen and oxygen atoms in total. The molecule has 2 aromatic rings. The highest BCUT2D eigenvalue weighted by Gasteiger charge is 2.21. The van der Waals surface area contributed by atoms with Gasteiger partial charge >= 0.3 is 0 Å². The zero-order chi connectivity index (χ0) is 21.3. The van der Waals surface area contributed by atoms with Crippen LogP contribution in [0.3, 0.4) is 0 Å². The first kappa shape index (κ1) is 19.6. The second-order valence-electron chi connectivity index (χ2n) is 7.48. The highest BCUT2D eigenvalue weighted by molar-refractivity contribution is 6.04. The van der Waals surface area contributed by atoms with Gasteiger partial charge in [0.2, 0.25) is 0 Å². The first-order chi connectivity index (χ1) is 14.4. The molecule has 0 bridgehead atoms. The number of halogens is 1. The number of carbonyl (C=O) groups is 1. The number of nitrogens with one attached hydrogen (secondary N) is 3. The molecule has 30 heavy (non-hydrogen) atoms. The van der Waals surface area contributed by atoms with Crippen molar-refractivity contribution in [2.75, 3.05) is 18.4 Å². The molecule has 0 spiro atoms. The minimum Gasteiger partial charge on any atom is -0.370 e. The molecule has 0 saturated heterocycles. The van der Waals surface area contributed by atoms with Gasteiger partial charge in [0.25, 0.3) is 5.91 Å². The summed E-state index contributed by atoms with van der Waals surface area (Å²) in [4.78, 5) is 16.2. The van der Waals surface area contributed by atoms with Crippen LogP contribution in [0.5, 0.6) is 0 Å². The van der Waals surface area contributed by atoms with Crippen LogP contribution in [-0.4, -0.2) is 41.1 Å². The second-order valence-corrected chi connectivity index (χ2v) is 7.48. The molecule has 2 aromatic carbocycles. The number of amides is 1. The second kappa shape index (κ2) is 7.98. The molecule has 2 aliphatic heterocycles. The number of nitrogens with two attached hydrogens (primary N) is 1. The highest BCUT2D eigenvalue weighted by atomic mass is 19.1. The summed E-state index contributed by atoms with van der Waals surface area (Å²) >= 11 is 0. The van der Waals surface area contributed by atoms with Crippen molar-refractivity contribution in [1.82, 2.24) is 9.80 Å². The Balaban J connectivity index is 1.47. The maximum Gasteiger partial charge on any atom is 0.255 e. The number of nitrogens with zero attached hydrogens (tertiary/aromatic N) is 2. The minimum atomic E-state index is -0.428. The Morgan fingerprint density at radius 3 is 2.63 bits per heavy atom. The Hall–Kier alpha value is -3.68. The van der Waals surface area contributed by atoms with Crippen molar-refractivity contribution in [3.05, 3.63) is 70.5 Å². The fourth-order valence-corrected chi connectivity index (χ4v) is 3.81.